The van der Waals surface area contributed by atoms with E-state index in [9.17, 15) is 4.79 Å². The van der Waals surface area contributed by atoms with E-state index in [2.05, 4.69) is 20.5 Å². The lowest BCUT2D eigenvalue weighted by Gasteiger charge is -2.07. The summed E-state index contributed by atoms with van der Waals surface area (Å²) in [4.78, 5) is 17.1. The molecule has 0 aliphatic heterocycles. The first kappa shape index (κ1) is 16.7. The van der Waals surface area contributed by atoms with E-state index in [1.807, 2.05) is 36.6 Å². The number of hydrogen-bond acceptors (Lipinski definition) is 7. The van der Waals surface area contributed by atoms with Gasteiger partial charge in [0.25, 0.3) is 5.91 Å². The number of nitrogens with one attached hydrogen (secondary N) is 1. The summed E-state index contributed by atoms with van der Waals surface area (Å²) >= 11 is 4.76. The maximum absolute atomic E-state index is 12.7. The molecule has 0 unspecified atom stereocenters. The van der Waals surface area contributed by atoms with Crippen molar-refractivity contribution in [2.45, 2.75) is 35.8 Å². The minimum atomic E-state index is -0.134. The number of carbonyl (C=O) groups is 1. The van der Waals surface area contributed by atoms with Crippen molar-refractivity contribution in [1.29, 1.82) is 0 Å². The standard InChI is InChI=1S/C17H16N4OS3/c1-10-8-23-17(18-10)24-9-12-4-2-3-5-13(12)14(22)19-16-21-20-15(25-16)11-6-7-11/h2-5,8,11H,6-7,9H2,1H3,(H,19,21,22). The zero-order chi connectivity index (χ0) is 17.2. The summed E-state index contributed by atoms with van der Waals surface area (Å²) in [5.41, 5.74) is 2.69. The third-order valence-corrected chi connectivity index (χ3v) is 6.99. The van der Waals surface area contributed by atoms with Crippen LogP contribution in [-0.4, -0.2) is 21.1 Å². The summed E-state index contributed by atoms with van der Waals surface area (Å²) in [6.45, 7) is 1.99. The molecule has 3 aromatic rings. The predicted octanol–water partition coefficient (Wildman–Crippen LogP) is 4.73. The number of hydrogen-bond donors (Lipinski definition) is 1. The summed E-state index contributed by atoms with van der Waals surface area (Å²) in [5, 5.41) is 14.8. The molecule has 1 aromatic carbocycles. The van der Waals surface area contributed by atoms with Gasteiger partial charge in [-0.25, -0.2) is 4.98 Å². The van der Waals surface area contributed by atoms with Crippen molar-refractivity contribution < 1.29 is 4.79 Å². The number of thioether (sulfide) groups is 1. The van der Waals surface area contributed by atoms with Crippen molar-refractivity contribution in [3.63, 3.8) is 0 Å². The van der Waals surface area contributed by atoms with Crippen LogP contribution in [0.3, 0.4) is 0 Å². The fourth-order valence-corrected chi connectivity index (χ4v) is 5.11. The molecule has 5 nitrogen and oxygen atoms in total. The van der Waals surface area contributed by atoms with Crippen molar-refractivity contribution in [2.75, 3.05) is 5.32 Å². The van der Waals surface area contributed by atoms with Crippen LogP contribution in [0.2, 0.25) is 0 Å². The van der Waals surface area contributed by atoms with E-state index >= 15 is 0 Å². The van der Waals surface area contributed by atoms with Crippen LogP contribution in [-0.2, 0) is 5.75 Å². The van der Waals surface area contributed by atoms with E-state index in [-0.39, 0.29) is 5.91 Å². The lowest BCUT2D eigenvalue weighted by atomic mass is 10.1. The average molecular weight is 389 g/mol. The van der Waals surface area contributed by atoms with Gasteiger partial charge in [0.15, 0.2) is 0 Å². The normalized spacial score (nSPS) is 13.8. The Hall–Kier alpha value is -1.77. The first-order valence-corrected chi connectivity index (χ1v) is 10.6. The smallest absolute Gasteiger partial charge is 0.257 e. The molecule has 1 fully saturated rings. The van der Waals surface area contributed by atoms with E-state index in [4.69, 9.17) is 0 Å². The van der Waals surface area contributed by atoms with E-state index in [1.54, 1.807) is 23.1 Å². The quantitative estimate of drug-likeness (QED) is 0.619. The van der Waals surface area contributed by atoms with E-state index in [0.29, 0.717) is 22.4 Å². The number of rotatable bonds is 6. The number of thiazole rings is 1. The Bertz CT molecular complexity index is 901. The molecule has 25 heavy (non-hydrogen) atoms. The Morgan fingerprint density at radius 3 is 2.92 bits per heavy atom. The number of nitrogens with zero attached hydrogens (tertiary/aromatic N) is 3. The fourth-order valence-electron chi connectivity index (χ4n) is 2.35. The van der Waals surface area contributed by atoms with Crippen molar-refractivity contribution >= 4 is 45.5 Å². The highest BCUT2D eigenvalue weighted by Gasteiger charge is 2.27. The molecule has 0 radical (unpaired) electrons. The Morgan fingerprint density at radius 2 is 2.16 bits per heavy atom. The minimum Gasteiger partial charge on any atom is -0.296 e. The molecular weight excluding hydrogens is 372 g/mol. The van der Waals surface area contributed by atoms with Gasteiger partial charge >= 0.3 is 0 Å². The second kappa shape index (κ2) is 7.23. The summed E-state index contributed by atoms with van der Waals surface area (Å²) in [7, 11) is 0. The summed E-state index contributed by atoms with van der Waals surface area (Å²) in [6, 6.07) is 7.67. The van der Waals surface area contributed by atoms with Gasteiger partial charge in [0.05, 0.1) is 0 Å². The van der Waals surface area contributed by atoms with Gasteiger partial charge in [0.2, 0.25) is 5.13 Å². The van der Waals surface area contributed by atoms with Crippen LogP contribution in [0.15, 0.2) is 34.0 Å². The van der Waals surface area contributed by atoms with Crippen molar-refractivity contribution in [2.24, 2.45) is 0 Å². The molecule has 0 saturated heterocycles. The molecule has 0 spiro atoms. The molecule has 0 bridgehead atoms. The molecule has 4 rings (SSSR count). The Labute approximate surface area is 157 Å². The van der Waals surface area contributed by atoms with Gasteiger partial charge in [-0.2, -0.15) is 0 Å². The van der Waals surface area contributed by atoms with E-state index in [0.717, 1.165) is 20.6 Å². The first-order valence-electron chi connectivity index (χ1n) is 7.96. The molecular formula is C17H16N4OS3. The minimum absolute atomic E-state index is 0.134. The number of anilines is 1. The Kier molecular flexibility index (Phi) is 4.82. The molecule has 1 aliphatic rings. The molecule has 8 heteroatoms. The molecule has 1 aliphatic carbocycles. The third kappa shape index (κ3) is 4.08. The SMILES string of the molecule is Cc1csc(SCc2ccccc2C(=O)Nc2nnc(C3CC3)s2)n1. The van der Waals surface area contributed by atoms with Gasteiger partial charge in [-0.3, -0.25) is 10.1 Å². The summed E-state index contributed by atoms with van der Waals surface area (Å²) < 4.78 is 1.02. The van der Waals surface area contributed by atoms with Gasteiger partial charge in [0.1, 0.15) is 9.35 Å². The summed E-state index contributed by atoms with van der Waals surface area (Å²) in [5.74, 6) is 1.12. The Morgan fingerprint density at radius 1 is 1.32 bits per heavy atom. The van der Waals surface area contributed by atoms with Crippen molar-refractivity contribution in [3.8, 4) is 0 Å². The second-order valence-corrected chi connectivity index (χ2v) is 8.96. The number of aryl methyl sites for hydroxylation is 1. The van der Waals surface area contributed by atoms with Gasteiger partial charge in [-0.05, 0) is 31.4 Å². The average Bonchev–Trinajstić information content (AvgIpc) is 3.23. The second-order valence-electron chi connectivity index (χ2n) is 5.87. The van der Waals surface area contributed by atoms with Gasteiger partial charge in [0, 0.05) is 28.3 Å². The fraction of sp³-hybridized carbons (Fsp3) is 0.294. The molecule has 2 aromatic heterocycles. The molecule has 0 atom stereocenters. The van der Waals surface area contributed by atoms with Gasteiger partial charge < -0.3 is 0 Å². The van der Waals surface area contributed by atoms with Gasteiger partial charge in [-0.15, -0.1) is 21.5 Å². The van der Waals surface area contributed by atoms with Crippen molar-refractivity contribution in [1.82, 2.24) is 15.2 Å². The van der Waals surface area contributed by atoms with E-state index < -0.39 is 0 Å². The molecule has 1 amide bonds. The number of carbonyl (C=O) groups excluding carboxylic acids is 1. The number of benzene rings is 1. The van der Waals surface area contributed by atoms with E-state index in [1.165, 1.54) is 24.2 Å². The van der Waals surface area contributed by atoms with Crippen LogP contribution in [0.1, 0.15) is 45.4 Å². The predicted molar refractivity (Wildman–Crippen MR) is 103 cm³/mol. The molecule has 2 heterocycles. The lowest BCUT2D eigenvalue weighted by molar-refractivity contribution is 0.102. The van der Waals surface area contributed by atoms with Crippen LogP contribution in [0.5, 0.6) is 0 Å². The first-order chi connectivity index (χ1) is 12.2. The third-order valence-electron chi connectivity index (χ3n) is 3.80. The highest BCUT2D eigenvalue weighted by Crippen LogP contribution is 2.42. The Balaban J connectivity index is 1.45. The lowest BCUT2D eigenvalue weighted by Crippen LogP contribution is -2.13. The highest BCUT2D eigenvalue weighted by molar-refractivity contribution is 8.00. The topological polar surface area (TPSA) is 67.8 Å². The van der Waals surface area contributed by atoms with Crippen LogP contribution < -0.4 is 5.32 Å². The van der Waals surface area contributed by atoms with Crippen LogP contribution in [0.4, 0.5) is 5.13 Å². The van der Waals surface area contributed by atoms with Gasteiger partial charge in [-0.1, -0.05) is 41.3 Å². The molecule has 1 saturated carbocycles. The zero-order valence-corrected chi connectivity index (χ0v) is 16.0. The largest absolute Gasteiger partial charge is 0.296 e. The number of amides is 1. The maximum atomic E-state index is 12.7. The van der Waals surface area contributed by atoms with Crippen LogP contribution >= 0.6 is 34.4 Å². The number of aromatic nitrogens is 3. The molecule has 128 valence electrons. The van der Waals surface area contributed by atoms with Crippen LogP contribution in [0, 0.1) is 6.92 Å². The summed E-state index contributed by atoms with van der Waals surface area (Å²) in [6.07, 6.45) is 2.36. The maximum Gasteiger partial charge on any atom is 0.257 e. The zero-order valence-electron chi connectivity index (χ0n) is 13.6. The highest BCUT2D eigenvalue weighted by atomic mass is 32.2. The molecule has 1 N–H and O–H groups in total. The monoisotopic (exact) mass is 388 g/mol. The van der Waals surface area contributed by atoms with Crippen LogP contribution in [0.25, 0.3) is 0 Å². The van der Waals surface area contributed by atoms with Crippen molar-refractivity contribution in [3.05, 3.63) is 51.5 Å².